The number of carbonyl (C=O) groups is 1. The van der Waals surface area contributed by atoms with Crippen LogP contribution in [0.2, 0.25) is 0 Å². The molecule has 0 fully saturated rings. The Morgan fingerprint density at radius 1 is 1.38 bits per heavy atom. The SMILES string of the molecule is COc1cc(C)c(CNC(=O)CS)cc1C. The highest BCUT2D eigenvalue weighted by molar-refractivity contribution is 7.81. The lowest BCUT2D eigenvalue weighted by Gasteiger charge is -2.11. The van der Waals surface area contributed by atoms with Crippen molar-refractivity contribution in [1.82, 2.24) is 5.32 Å². The van der Waals surface area contributed by atoms with E-state index in [2.05, 4.69) is 17.9 Å². The van der Waals surface area contributed by atoms with Crippen LogP contribution in [0.25, 0.3) is 0 Å². The number of hydrogen-bond acceptors (Lipinski definition) is 3. The second-order valence-electron chi connectivity index (χ2n) is 3.68. The molecule has 1 aromatic rings. The van der Waals surface area contributed by atoms with E-state index >= 15 is 0 Å². The molecule has 0 spiro atoms. The molecule has 0 aromatic heterocycles. The number of nitrogens with one attached hydrogen (secondary N) is 1. The van der Waals surface area contributed by atoms with E-state index in [-0.39, 0.29) is 11.7 Å². The summed E-state index contributed by atoms with van der Waals surface area (Å²) in [5, 5.41) is 2.80. The number of rotatable bonds is 4. The van der Waals surface area contributed by atoms with E-state index in [1.807, 2.05) is 26.0 Å². The van der Waals surface area contributed by atoms with Crippen LogP contribution in [0.5, 0.6) is 5.75 Å². The van der Waals surface area contributed by atoms with Gasteiger partial charge in [0.25, 0.3) is 0 Å². The Hall–Kier alpha value is -1.16. The Morgan fingerprint density at radius 2 is 2.06 bits per heavy atom. The Labute approximate surface area is 102 Å². The fraction of sp³-hybridized carbons (Fsp3) is 0.417. The minimum Gasteiger partial charge on any atom is -0.496 e. The first-order valence-electron chi connectivity index (χ1n) is 5.10. The quantitative estimate of drug-likeness (QED) is 0.787. The predicted molar refractivity (Wildman–Crippen MR) is 68.2 cm³/mol. The zero-order valence-corrected chi connectivity index (χ0v) is 10.7. The first-order chi connectivity index (χ1) is 7.58. The van der Waals surface area contributed by atoms with Gasteiger partial charge in [0.2, 0.25) is 5.91 Å². The lowest BCUT2D eigenvalue weighted by Crippen LogP contribution is -2.24. The van der Waals surface area contributed by atoms with E-state index in [1.165, 1.54) is 0 Å². The molecular weight excluding hydrogens is 222 g/mol. The third kappa shape index (κ3) is 3.17. The monoisotopic (exact) mass is 239 g/mol. The van der Waals surface area contributed by atoms with E-state index in [9.17, 15) is 4.79 Å². The van der Waals surface area contributed by atoms with Gasteiger partial charge in [-0.3, -0.25) is 4.79 Å². The van der Waals surface area contributed by atoms with Crippen LogP contribution in [0.4, 0.5) is 0 Å². The number of thiol groups is 1. The van der Waals surface area contributed by atoms with E-state index in [0.717, 1.165) is 22.4 Å². The molecule has 16 heavy (non-hydrogen) atoms. The normalized spacial score (nSPS) is 10.0. The summed E-state index contributed by atoms with van der Waals surface area (Å²) >= 11 is 3.91. The average Bonchev–Trinajstić information content (AvgIpc) is 2.29. The van der Waals surface area contributed by atoms with Crippen LogP contribution >= 0.6 is 12.6 Å². The summed E-state index contributed by atoms with van der Waals surface area (Å²) in [6.07, 6.45) is 0. The van der Waals surface area contributed by atoms with E-state index in [1.54, 1.807) is 7.11 Å². The molecule has 0 aliphatic carbocycles. The fourth-order valence-corrected chi connectivity index (χ4v) is 1.62. The Kier molecular flexibility index (Phi) is 4.68. The topological polar surface area (TPSA) is 38.3 Å². The zero-order valence-electron chi connectivity index (χ0n) is 9.83. The van der Waals surface area contributed by atoms with Gasteiger partial charge in [0.05, 0.1) is 12.9 Å². The molecule has 0 saturated heterocycles. The number of benzene rings is 1. The standard InChI is InChI=1S/C12H17NO2S/c1-8-5-11(15-3)9(2)4-10(8)6-13-12(14)7-16/h4-5,16H,6-7H2,1-3H3,(H,13,14). The van der Waals surface area contributed by atoms with Crippen LogP contribution in [-0.2, 0) is 11.3 Å². The summed E-state index contributed by atoms with van der Waals surface area (Å²) in [7, 11) is 1.66. The Bertz CT molecular complexity index is 391. The number of hydrogen-bond donors (Lipinski definition) is 2. The summed E-state index contributed by atoms with van der Waals surface area (Å²) < 4.78 is 5.23. The summed E-state index contributed by atoms with van der Waals surface area (Å²) in [6.45, 7) is 4.53. The van der Waals surface area contributed by atoms with Crippen molar-refractivity contribution in [1.29, 1.82) is 0 Å². The molecule has 1 amide bonds. The van der Waals surface area contributed by atoms with Gasteiger partial charge in [-0.2, -0.15) is 12.6 Å². The zero-order chi connectivity index (χ0) is 12.1. The third-order valence-electron chi connectivity index (χ3n) is 2.47. The molecule has 1 aromatic carbocycles. The number of aryl methyl sites for hydroxylation is 2. The van der Waals surface area contributed by atoms with Crippen molar-refractivity contribution >= 4 is 18.5 Å². The summed E-state index contributed by atoms with van der Waals surface area (Å²) in [6, 6.07) is 4.02. The van der Waals surface area contributed by atoms with Crippen molar-refractivity contribution in [2.75, 3.05) is 12.9 Å². The number of methoxy groups -OCH3 is 1. The van der Waals surface area contributed by atoms with Crippen molar-refractivity contribution in [3.8, 4) is 5.75 Å². The van der Waals surface area contributed by atoms with Crippen LogP contribution in [0.1, 0.15) is 16.7 Å². The van der Waals surface area contributed by atoms with Gasteiger partial charge in [0, 0.05) is 6.54 Å². The molecule has 0 saturated carbocycles. The molecule has 0 unspecified atom stereocenters. The van der Waals surface area contributed by atoms with Crippen LogP contribution < -0.4 is 10.1 Å². The second kappa shape index (κ2) is 5.80. The maximum absolute atomic E-state index is 11.1. The average molecular weight is 239 g/mol. The van der Waals surface area contributed by atoms with Gasteiger partial charge in [-0.05, 0) is 36.6 Å². The van der Waals surface area contributed by atoms with Crippen LogP contribution in [0.3, 0.4) is 0 Å². The second-order valence-corrected chi connectivity index (χ2v) is 4.00. The largest absolute Gasteiger partial charge is 0.496 e. The van der Waals surface area contributed by atoms with Crippen LogP contribution in [0, 0.1) is 13.8 Å². The van der Waals surface area contributed by atoms with Crippen molar-refractivity contribution < 1.29 is 9.53 Å². The minimum absolute atomic E-state index is 0.0591. The van der Waals surface area contributed by atoms with Gasteiger partial charge in [0.15, 0.2) is 0 Å². The molecule has 0 aliphatic rings. The minimum atomic E-state index is -0.0591. The van der Waals surface area contributed by atoms with Crippen molar-refractivity contribution in [2.24, 2.45) is 0 Å². The van der Waals surface area contributed by atoms with Gasteiger partial charge in [-0.15, -0.1) is 0 Å². The molecule has 0 heterocycles. The van der Waals surface area contributed by atoms with E-state index in [4.69, 9.17) is 4.74 Å². The smallest absolute Gasteiger partial charge is 0.229 e. The molecule has 0 aliphatic heterocycles. The lowest BCUT2D eigenvalue weighted by atomic mass is 10.0. The van der Waals surface area contributed by atoms with Gasteiger partial charge < -0.3 is 10.1 Å². The van der Waals surface area contributed by atoms with E-state index in [0.29, 0.717) is 6.54 Å². The van der Waals surface area contributed by atoms with Crippen LogP contribution in [-0.4, -0.2) is 18.8 Å². The van der Waals surface area contributed by atoms with Gasteiger partial charge >= 0.3 is 0 Å². The molecule has 4 heteroatoms. The number of carbonyl (C=O) groups excluding carboxylic acids is 1. The van der Waals surface area contributed by atoms with Crippen LogP contribution in [0.15, 0.2) is 12.1 Å². The summed E-state index contributed by atoms with van der Waals surface area (Å²) in [5.74, 6) is 1.03. The summed E-state index contributed by atoms with van der Waals surface area (Å²) in [4.78, 5) is 11.1. The van der Waals surface area contributed by atoms with Gasteiger partial charge in [-0.25, -0.2) is 0 Å². The molecule has 0 radical (unpaired) electrons. The van der Waals surface area contributed by atoms with Crippen molar-refractivity contribution in [3.05, 3.63) is 28.8 Å². The van der Waals surface area contributed by atoms with E-state index < -0.39 is 0 Å². The predicted octanol–water partition coefficient (Wildman–Crippen LogP) is 1.86. The Morgan fingerprint density at radius 3 is 2.62 bits per heavy atom. The summed E-state index contributed by atoms with van der Waals surface area (Å²) in [5.41, 5.74) is 3.29. The van der Waals surface area contributed by atoms with Gasteiger partial charge in [0.1, 0.15) is 5.75 Å². The highest BCUT2D eigenvalue weighted by Gasteiger charge is 2.05. The number of amides is 1. The molecule has 0 atom stereocenters. The molecule has 1 rings (SSSR count). The molecule has 3 nitrogen and oxygen atoms in total. The Balaban J connectivity index is 2.81. The molecule has 0 bridgehead atoms. The molecular formula is C12H17NO2S. The fourth-order valence-electron chi connectivity index (χ4n) is 1.51. The maximum atomic E-state index is 11.1. The first kappa shape index (κ1) is 12.9. The highest BCUT2D eigenvalue weighted by atomic mass is 32.1. The first-order valence-corrected chi connectivity index (χ1v) is 5.73. The number of ether oxygens (including phenoxy) is 1. The lowest BCUT2D eigenvalue weighted by molar-refractivity contribution is -0.118. The van der Waals surface area contributed by atoms with Gasteiger partial charge in [-0.1, -0.05) is 6.07 Å². The maximum Gasteiger partial charge on any atom is 0.229 e. The van der Waals surface area contributed by atoms with Crippen molar-refractivity contribution in [3.63, 3.8) is 0 Å². The highest BCUT2D eigenvalue weighted by Crippen LogP contribution is 2.22. The third-order valence-corrected chi connectivity index (χ3v) is 2.76. The molecule has 88 valence electrons. The molecule has 1 N–H and O–H groups in total. The van der Waals surface area contributed by atoms with Crippen molar-refractivity contribution in [2.45, 2.75) is 20.4 Å².